The highest BCUT2D eigenvalue weighted by Gasteiger charge is 2.16. The number of hydrogen-bond acceptors (Lipinski definition) is 5. The maximum atomic E-state index is 5.44. The molecular weight excluding hydrogens is 226 g/mol. The minimum atomic E-state index is 0.282. The number of anilines is 2. The van der Waals surface area contributed by atoms with Gasteiger partial charge in [-0.3, -0.25) is 0 Å². The smallest absolute Gasteiger partial charge is 0.131 e. The molecule has 1 aromatic rings. The number of nitrogens with one attached hydrogen (secondary N) is 2. The molecule has 4 N–H and O–H groups in total. The Kier molecular flexibility index (Phi) is 5.85. The summed E-state index contributed by atoms with van der Waals surface area (Å²) < 4.78 is 0. The van der Waals surface area contributed by atoms with E-state index in [0.29, 0.717) is 6.54 Å². The zero-order valence-electron chi connectivity index (χ0n) is 11.7. The Labute approximate surface area is 110 Å². The van der Waals surface area contributed by atoms with Crippen molar-refractivity contribution >= 4 is 11.6 Å². The van der Waals surface area contributed by atoms with Gasteiger partial charge in [0.2, 0.25) is 0 Å². The lowest BCUT2D eigenvalue weighted by atomic mass is 9.88. The van der Waals surface area contributed by atoms with Crippen LogP contribution in [-0.4, -0.2) is 29.6 Å². The first-order valence-electron chi connectivity index (χ1n) is 6.57. The van der Waals surface area contributed by atoms with E-state index in [1.54, 1.807) is 6.33 Å². The topological polar surface area (TPSA) is 75.9 Å². The van der Waals surface area contributed by atoms with Crippen molar-refractivity contribution in [3.63, 3.8) is 0 Å². The molecule has 0 saturated carbocycles. The molecule has 0 aliphatic heterocycles. The molecule has 18 heavy (non-hydrogen) atoms. The normalized spacial score (nSPS) is 11.3. The molecule has 0 bridgehead atoms. The van der Waals surface area contributed by atoms with Crippen molar-refractivity contribution in [2.24, 2.45) is 11.1 Å². The van der Waals surface area contributed by atoms with Crippen molar-refractivity contribution < 1.29 is 0 Å². The van der Waals surface area contributed by atoms with Crippen LogP contribution in [0.2, 0.25) is 0 Å². The second-order valence-corrected chi connectivity index (χ2v) is 5.27. The first-order chi connectivity index (χ1) is 8.57. The Morgan fingerprint density at radius 2 is 1.89 bits per heavy atom. The highest BCUT2D eigenvalue weighted by molar-refractivity contribution is 5.46. The maximum absolute atomic E-state index is 5.44. The van der Waals surface area contributed by atoms with E-state index in [-0.39, 0.29) is 5.41 Å². The Balaban J connectivity index is 2.51. The molecule has 0 unspecified atom stereocenters. The fourth-order valence-electron chi connectivity index (χ4n) is 1.85. The third-order valence-corrected chi connectivity index (χ3v) is 2.79. The molecule has 0 aliphatic rings. The van der Waals surface area contributed by atoms with Crippen LogP contribution in [0.3, 0.4) is 0 Å². The summed E-state index contributed by atoms with van der Waals surface area (Å²) in [4.78, 5) is 8.36. The van der Waals surface area contributed by atoms with Crippen LogP contribution in [0.5, 0.6) is 0 Å². The monoisotopic (exact) mass is 251 g/mol. The molecule has 102 valence electrons. The van der Waals surface area contributed by atoms with Crippen LogP contribution in [0, 0.1) is 5.41 Å². The van der Waals surface area contributed by atoms with E-state index >= 15 is 0 Å². The predicted molar refractivity (Wildman–Crippen MR) is 76.8 cm³/mol. The summed E-state index contributed by atoms with van der Waals surface area (Å²) in [5.74, 6) is 1.67. The van der Waals surface area contributed by atoms with Gasteiger partial charge in [0, 0.05) is 25.7 Å². The Hall–Kier alpha value is -1.36. The molecule has 0 amide bonds. The number of rotatable bonds is 8. The molecule has 5 nitrogen and oxygen atoms in total. The lowest BCUT2D eigenvalue weighted by Crippen LogP contribution is -2.23. The third kappa shape index (κ3) is 5.31. The zero-order chi connectivity index (χ0) is 13.4. The second-order valence-electron chi connectivity index (χ2n) is 5.27. The Morgan fingerprint density at radius 3 is 2.50 bits per heavy atom. The van der Waals surface area contributed by atoms with E-state index in [9.17, 15) is 0 Å². The van der Waals surface area contributed by atoms with Crippen LogP contribution in [0.15, 0.2) is 12.4 Å². The molecule has 0 aromatic carbocycles. The van der Waals surface area contributed by atoms with Gasteiger partial charge in [0.1, 0.15) is 18.0 Å². The number of aromatic nitrogens is 2. The molecule has 5 heteroatoms. The standard InChI is InChI=1S/C13H25N5/c1-4-5-13(2,3)9-16-12-8-11(15-7-6-14)17-10-18-12/h8,10H,4-7,9,14H2,1-3H3,(H2,15,16,17,18). The van der Waals surface area contributed by atoms with Crippen molar-refractivity contribution in [2.45, 2.75) is 33.6 Å². The van der Waals surface area contributed by atoms with Gasteiger partial charge >= 0.3 is 0 Å². The quantitative estimate of drug-likeness (QED) is 0.659. The van der Waals surface area contributed by atoms with Crippen molar-refractivity contribution in [1.82, 2.24) is 9.97 Å². The molecule has 0 atom stereocenters. The van der Waals surface area contributed by atoms with Gasteiger partial charge in [-0.15, -0.1) is 0 Å². The summed E-state index contributed by atoms with van der Waals surface area (Å²) in [5.41, 5.74) is 5.72. The summed E-state index contributed by atoms with van der Waals surface area (Å²) in [6.45, 7) is 8.96. The van der Waals surface area contributed by atoms with Crippen LogP contribution in [0.4, 0.5) is 11.6 Å². The van der Waals surface area contributed by atoms with E-state index in [4.69, 9.17) is 5.73 Å². The third-order valence-electron chi connectivity index (χ3n) is 2.79. The van der Waals surface area contributed by atoms with Gasteiger partial charge in [0.05, 0.1) is 0 Å². The Morgan fingerprint density at radius 1 is 1.22 bits per heavy atom. The summed E-state index contributed by atoms with van der Waals surface area (Å²) in [6, 6.07) is 1.91. The van der Waals surface area contributed by atoms with Crippen molar-refractivity contribution in [2.75, 3.05) is 30.3 Å². The van der Waals surface area contributed by atoms with Gasteiger partial charge < -0.3 is 16.4 Å². The molecule has 1 aromatic heterocycles. The number of nitrogens with two attached hydrogens (primary N) is 1. The largest absolute Gasteiger partial charge is 0.369 e. The van der Waals surface area contributed by atoms with E-state index < -0.39 is 0 Å². The SMILES string of the molecule is CCCC(C)(C)CNc1cc(NCCN)ncn1. The summed E-state index contributed by atoms with van der Waals surface area (Å²) in [6.07, 6.45) is 3.96. The van der Waals surface area contributed by atoms with Gasteiger partial charge in [-0.1, -0.05) is 27.2 Å². The molecule has 1 rings (SSSR count). The summed E-state index contributed by atoms with van der Waals surface area (Å²) >= 11 is 0. The molecule has 0 fully saturated rings. The molecule has 0 aliphatic carbocycles. The summed E-state index contributed by atoms with van der Waals surface area (Å²) in [7, 11) is 0. The second kappa shape index (κ2) is 7.16. The fraction of sp³-hybridized carbons (Fsp3) is 0.692. The molecule has 0 spiro atoms. The first-order valence-corrected chi connectivity index (χ1v) is 6.57. The van der Waals surface area contributed by atoms with Crippen LogP contribution in [0.25, 0.3) is 0 Å². The van der Waals surface area contributed by atoms with Crippen molar-refractivity contribution in [1.29, 1.82) is 0 Å². The molecule has 0 saturated heterocycles. The highest BCUT2D eigenvalue weighted by atomic mass is 15.1. The van der Waals surface area contributed by atoms with Crippen molar-refractivity contribution in [3.8, 4) is 0 Å². The lowest BCUT2D eigenvalue weighted by Gasteiger charge is -2.24. The molecule has 1 heterocycles. The molecule has 0 radical (unpaired) electrons. The number of nitrogens with zero attached hydrogens (tertiary/aromatic N) is 2. The number of hydrogen-bond donors (Lipinski definition) is 3. The zero-order valence-corrected chi connectivity index (χ0v) is 11.7. The molecular formula is C13H25N5. The van der Waals surface area contributed by atoms with Crippen LogP contribution < -0.4 is 16.4 Å². The van der Waals surface area contributed by atoms with Crippen LogP contribution in [0.1, 0.15) is 33.6 Å². The van der Waals surface area contributed by atoms with Gasteiger partial charge in [-0.25, -0.2) is 9.97 Å². The van der Waals surface area contributed by atoms with E-state index in [1.807, 2.05) is 6.07 Å². The van der Waals surface area contributed by atoms with Crippen molar-refractivity contribution in [3.05, 3.63) is 12.4 Å². The lowest BCUT2D eigenvalue weighted by molar-refractivity contribution is 0.354. The minimum Gasteiger partial charge on any atom is -0.369 e. The average Bonchev–Trinajstić information content (AvgIpc) is 2.35. The maximum Gasteiger partial charge on any atom is 0.131 e. The van der Waals surface area contributed by atoms with Crippen LogP contribution >= 0.6 is 0 Å². The predicted octanol–water partition coefficient (Wildman–Crippen LogP) is 2.09. The van der Waals surface area contributed by atoms with Gasteiger partial charge in [0.25, 0.3) is 0 Å². The van der Waals surface area contributed by atoms with Gasteiger partial charge in [-0.05, 0) is 11.8 Å². The first kappa shape index (κ1) is 14.7. The Bertz CT molecular complexity index is 351. The van der Waals surface area contributed by atoms with E-state index in [2.05, 4.69) is 41.4 Å². The summed E-state index contributed by atoms with van der Waals surface area (Å²) in [5, 5.41) is 6.51. The highest BCUT2D eigenvalue weighted by Crippen LogP contribution is 2.22. The van der Waals surface area contributed by atoms with Crippen LogP contribution in [-0.2, 0) is 0 Å². The van der Waals surface area contributed by atoms with E-state index in [1.165, 1.54) is 12.8 Å². The minimum absolute atomic E-state index is 0.282. The fourth-order valence-corrected chi connectivity index (χ4v) is 1.85. The van der Waals surface area contributed by atoms with E-state index in [0.717, 1.165) is 24.7 Å². The average molecular weight is 251 g/mol. The van der Waals surface area contributed by atoms with Gasteiger partial charge in [-0.2, -0.15) is 0 Å². The van der Waals surface area contributed by atoms with Gasteiger partial charge in [0.15, 0.2) is 0 Å².